The highest BCUT2D eigenvalue weighted by molar-refractivity contribution is 6.03. The molecule has 2 aromatic heterocycles. The Morgan fingerprint density at radius 1 is 1.18 bits per heavy atom. The van der Waals surface area contributed by atoms with Crippen molar-refractivity contribution < 1.29 is 24.2 Å². The molecule has 0 aliphatic heterocycles. The van der Waals surface area contributed by atoms with Gasteiger partial charge in [0.15, 0.2) is 11.3 Å². The van der Waals surface area contributed by atoms with E-state index in [1.165, 1.54) is 18.1 Å². The lowest BCUT2D eigenvalue weighted by Crippen LogP contribution is -2.28. The van der Waals surface area contributed by atoms with E-state index in [2.05, 4.69) is 20.1 Å². The lowest BCUT2D eigenvalue weighted by Gasteiger charge is -2.19. The maximum Gasteiger partial charge on any atom is 0.356 e. The van der Waals surface area contributed by atoms with Crippen LogP contribution in [0.1, 0.15) is 20.8 Å². The van der Waals surface area contributed by atoms with Gasteiger partial charge in [-0.1, -0.05) is 18.2 Å². The van der Waals surface area contributed by atoms with Crippen LogP contribution in [0.3, 0.4) is 0 Å². The Kier molecular flexibility index (Phi) is 5.21. The largest absolute Gasteiger partial charge is 0.476 e. The first-order valence-corrected chi connectivity index (χ1v) is 8.18. The molecule has 0 atom stereocenters. The van der Waals surface area contributed by atoms with Crippen molar-refractivity contribution in [2.45, 2.75) is 0 Å². The number of fused-ring (bicyclic) bond motifs is 1. The number of hydrogen-bond donors (Lipinski definition) is 2. The summed E-state index contributed by atoms with van der Waals surface area (Å²) in [5.41, 5.74) is 0.696. The number of ether oxygens (including phenoxy) is 1. The number of aromatic nitrogens is 3. The van der Waals surface area contributed by atoms with E-state index >= 15 is 0 Å². The zero-order valence-corrected chi connectivity index (χ0v) is 15.1. The highest BCUT2D eigenvalue weighted by Gasteiger charge is 2.22. The molecular weight excluding hydrogens is 366 g/mol. The molecule has 0 radical (unpaired) electrons. The minimum absolute atomic E-state index is 0.0378. The molecule has 0 saturated heterocycles. The fourth-order valence-electron chi connectivity index (χ4n) is 2.61. The molecule has 0 aliphatic rings. The number of likely N-dealkylation sites (N-methyl/N-ethyl adjacent to an activating group) is 1. The first kappa shape index (κ1) is 18.8. The third-order valence-corrected chi connectivity index (χ3v) is 3.95. The third-order valence-electron chi connectivity index (χ3n) is 3.95. The van der Waals surface area contributed by atoms with Crippen LogP contribution in [0.2, 0.25) is 0 Å². The van der Waals surface area contributed by atoms with E-state index in [1.54, 1.807) is 43.4 Å². The molecule has 0 aliphatic carbocycles. The van der Waals surface area contributed by atoms with Crippen molar-refractivity contribution in [1.82, 2.24) is 14.6 Å². The van der Waals surface area contributed by atoms with Crippen molar-refractivity contribution in [3.05, 3.63) is 53.7 Å². The first-order valence-electron chi connectivity index (χ1n) is 8.18. The molecule has 10 nitrogen and oxygen atoms in total. The van der Waals surface area contributed by atoms with Crippen molar-refractivity contribution in [1.29, 1.82) is 0 Å². The second-order valence-corrected chi connectivity index (χ2v) is 5.83. The Balaban J connectivity index is 1.97. The Hall–Kier alpha value is -3.95. The molecule has 0 saturated carbocycles. The topological polar surface area (TPSA) is 126 Å². The summed E-state index contributed by atoms with van der Waals surface area (Å²) in [4.78, 5) is 41.2. The number of carbonyl (C=O) groups is 3. The maximum atomic E-state index is 12.3. The van der Waals surface area contributed by atoms with Gasteiger partial charge in [-0.05, 0) is 24.3 Å². The SMILES string of the molecule is COC(=O)CN(C)c1ccc2nc(NC(=O)c3ccccc3)nn2c1C(=O)O. The number of methoxy groups -OCH3 is 1. The number of esters is 1. The molecule has 3 rings (SSSR count). The summed E-state index contributed by atoms with van der Waals surface area (Å²) in [6.07, 6.45) is 0. The predicted octanol–water partition coefficient (Wildman–Crippen LogP) is 1.29. The van der Waals surface area contributed by atoms with Crippen LogP contribution in [0.25, 0.3) is 5.65 Å². The third kappa shape index (κ3) is 3.75. The van der Waals surface area contributed by atoms with Gasteiger partial charge in [-0.25, -0.2) is 9.31 Å². The fourth-order valence-corrected chi connectivity index (χ4v) is 2.61. The van der Waals surface area contributed by atoms with Crippen LogP contribution in [0.5, 0.6) is 0 Å². The summed E-state index contributed by atoms with van der Waals surface area (Å²) < 4.78 is 5.71. The summed E-state index contributed by atoms with van der Waals surface area (Å²) in [5.74, 6) is -2.24. The number of hydrogen-bond acceptors (Lipinski definition) is 7. The zero-order valence-electron chi connectivity index (χ0n) is 15.1. The Labute approximate surface area is 159 Å². The van der Waals surface area contributed by atoms with Crippen molar-refractivity contribution in [3.8, 4) is 0 Å². The monoisotopic (exact) mass is 383 g/mol. The molecule has 2 N–H and O–H groups in total. The average molecular weight is 383 g/mol. The lowest BCUT2D eigenvalue weighted by atomic mass is 10.2. The van der Waals surface area contributed by atoms with Gasteiger partial charge in [-0.15, -0.1) is 5.10 Å². The number of benzene rings is 1. The number of anilines is 2. The number of carboxylic acids is 1. The molecule has 1 aromatic carbocycles. The molecule has 0 fully saturated rings. The Bertz CT molecular complexity index is 1050. The van der Waals surface area contributed by atoms with E-state index < -0.39 is 17.8 Å². The van der Waals surface area contributed by atoms with Crippen molar-refractivity contribution in [3.63, 3.8) is 0 Å². The highest BCUT2D eigenvalue weighted by Crippen LogP contribution is 2.22. The number of carbonyl (C=O) groups excluding carboxylic acids is 2. The molecular formula is C18H17N5O5. The average Bonchev–Trinajstić information content (AvgIpc) is 3.09. The molecule has 0 spiro atoms. The van der Waals surface area contributed by atoms with Gasteiger partial charge in [0.2, 0.25) is 5.95 Å². The lowest BCUT2D eigenvalue weighted by molar-refractivity contribution is -0.138. The van der Waals surface area contributed by atoms with Gasteiger partial charge < -0.3 is 14.7 Å². The minimum atomic E-state index is -1.26. The van der Waals surface area contributed by atoms with Gasteiger partial charge in [0.1, 0.15) is 6.54 Å². The van der Waals surface area contributed by atoms with Crippen LogP contribution in [0.4, 0.5) is 11.6 Å². The van der Waals surface area contributed by atoms with Crippen LogP contribution >= 0.6 is 0 Å². The fraction of sp³-hybridized carbons (Fsp3) is 0.167. The van der Waals surface area contributed by atoms with Gasteiger partial charge in [-0.3, -0.25) is 14.9 Å². The quantitative estimate of drug-likeness (QED) is 0.610. The van der Waals surface area contributed by atoms with Gasteiger partial charge in [-0.2, -0.15) is 4.98 Å². The van der Waals surface area contributed by atoms with Crippen LogP contribution in [0, 0.1) is 0 Å². The first-order chi connectivity index (χ1) is 13.4. The summed E-state index contributed by atoms with van der Waals surface area (Å²) in [6.45, 7) is -0.144. The number of amides is 1. The smallest absolute Gasteiger partial charge is 0.356 e. The molecule has 144 valence electrons. The van der Waals surface area contributed by atoms with Crippen molar-refractivity contribution >= 4 is 35.1 Å². The van der Waals surface area contributed by atoms with Crippen LogP contribution in [-0.4, -0.2) is 58.3 Å². The van der Waals surface area contributed by atoms with Crippen LogP contribution in [-0.2, 0) is 9.53 Å². The number of nitrogens with one attached hydrogen (secondary N) is 1. The van der Waals surface area contributed by atoms with E-state index in [0.29, 0.717) is 5.56 Å². The summed E-state index contributed by atoms with van der Waals surface area (Å²) in [5, 5.41) is 16.3. The van der Waals surface area contributed by atoms with Crippen LogP contribution < -0.4 is 10.2 Å². The molecule has 1 amide bonds. The standard InChI is InChI=1S/C18H17N5O5/c1-22(10-14(24)28-2)12-8-9-13-19-18(21-23(13)15(12)17(26)27)20-16(25)11-6-4-3-5-7-11/h3-9H,10H2,1-2H3,(H,26,27)(H,20,21,25). The molecule has 0 unspecified atom stereocenters. The van der Waals surface area contributed by atoms with Gasteiger partial charge in [0.25, 0.3) is 5.91 Å². The van der Waals surface area contributed by atoms with E-state index in [-0.39, 0.29) is 29.5 Å². The van der Waals surface area contributed by atoms with Crippen LogP contribution in [0.15, 0.2) is 42.5 Å². The summed E-state index contributed by atoms with van der Waals surface area (Å²) in [6, 6.07) is 11.5. The number of nitrogens with zero attached hydrogens (tertiary/aromatic N) is 4. The van der Waals surface area contributed by atoms with E-state index in [0.717, 1.165) is 4.52 Å². The number of rotatable bonds is 6. The number of aromatic carboxylic acids is 1. The van der Waals surface area contributed by atoms with E-state index in [9.17, 15) is 19.5 Å². The molecule has 28 heavy (non-hydrogen) atoms. The number of carboxylic acid groups (broad SMARTS) is 1. The van der Waals surface area contributed by atoms with Crippen molar-refractivity contribution in [2.75, 3.05) is 30.9 Å². The zero-order chi connectivity index (χ0) is 20.3. The summed E-state index contributed by atoms with van der Waals surface area (Å²) in [7, 11) is 2.80. The van der Waals surface area contributed by atoms with Gasteiger partial charge in [0, 0.05) is 12.6 Å². The van der Waals surface area contributed by atoms with Gasteiger partial charge in [0.05, 0.1) is 12.8 Å². The minimum Gasteiger partial charge on any atom is -0.476 e. The second kappa shape index (κ2) is 7.74. The predicted molar refractivity (Wildman–Crippen MR) is 99.6 cm³/mol. The number of pyridine rings is 1. The van der Waals surface area contributed by atoms with Crippen molar-refractivity contribution in [2.24, 2.45) is 0 Å². The maximum absolute atomic E-state index is 12.3. The normalized spacial score (nSPS) is 10.5. The summed E-state index contributed by atoms with van der Waals surface area (Å²) >= 11 is 0. The second-order valence-electron chi connectivity index (χ2n) is 5.83. The molecule has 10 heteroatoms. The molecule has 3 aromatic rings. The molecule has 2 heterocycles. The molecule has 0 bridgehead atoms. The Morgan fingerprint density at radius 3 is 2.54 bits per heavy atom. The Morgan fingerprint density at radius 2 is 1.89 bits per heavy atom. The highest BCUT2D eigenvalue weighted by atomic mass is 16.5. The van der Waals surface area contributed by atoms with Gasteiger partial charge >= 0.3 is 11.9 Å². The van der Waals surface area contributed by atoms with E-state index in [1.807, 2.05) is 0 Å². The van der Waals surface area contributed by atoms with E-state index in [4.69, 9.17) is 0 Å².